The van der Waals surface area contributed by atoms with Crippen molar-refractivity contribution in [3.05, 3.63) is 99.0 Å². The van der Waals surface area contributed by atoms with E-state index >= 15 is 0 Å². The number of allylic oxidation sites excluding steroid dienone is 2. The Kier molecular flexibility index (Phi) is 9.41. The number of carboxylic acids is 1. The van der Waals surface area contributed by atoms with E-state index in [1.165, 1.54) is 35.3 Å². The Labute approximate surface area is 256 Å². The Morgan fingerprint density at radius 1 is 0.976 bits per heavy atom. The van der Waals surface area contributed by atoms with E-state index in [1.807, 2.05) is 12.1 Å². The number of halogens is 2. The molecular formula is C31H28Cl2N4O4S. The highest BCUT2D eigenvalue weighted by Gasteiger charge is 2.20. The summed E-state index contributed by atoms with van der Waals surface area (Å²) in [6, 6.07) is 17.4. The first-order valence-corrected chi connectivity index (χ1v) is 15.1. The smallest absolute Gasteiger partial charge is 0.321 e. The molecule has 0 saturated heterocycles. The molecule has 1 aromatic heterocycles. The van der Waals surface area contributed by atoms with Crippen LogP contribution in [-0.2, 0) is 4.79 Å². The van der Waals surface area contributed by atoms with Gasteiger partial charge in [-0.3, -0.25) is 14.9 Å². The number of benzene rings is 3. The maximum absolute atomic E-state index is 13.2. The lowest BCUT2D eigenvalue weighted by Crippen LogP contribution is -2.33. The van der Waals surface area contributed by atoms with E-state index in [2.05, 4.69) is 39.1 Å². The van der Waals surface area contributed by atoms with E-state index in [0.717, 1.165) is 28.7 Å². The number of carboxylic acid groups (broad SMARTS) is 1. The fourth-order valence-electron chi connectivity index (χ4n) is 4.84. The number of nitrogens with zero attached hydrogens (tertiary/aromatic N) is 1. The number of thiazole rings is 1. The quantitative estimate of drug-likeness (QED) is 0.153. The Bertz CT molecular complexity index is 1650. The van der Waals surface area contributed by atoms with Gasteiger partial charge in [0.05, 0.1) is 22.2 Å². The van der Waals surface area contributed by atoms with Crippen molar-refractivity contribution in [1.29, 1.82) is 0 Å². The maximum Gasteiger partial charge on any atom is 0.321 e. The number of urea groups is 1. The number of aromatic nitrogens is 1. The summed E-state index contributed by atoms with van der Waals surface area (Å²) in [7, 11) is 0. The average Bonchev–Trinajstić information content (AvgIpc) is 3.39. The molecule has 1 unspecified atom stereocenters. The zero-order chi connectivity index (χ0) is 29.6. The highest BCUT2D eigenvalue weighted by molar-refractivity contribution is 7.22. The second kappa shape index (κ2) is 13.4. The zero-order valence-corrected chi connectivity index (χ0v) is 24.8. The van der Waals surface area contributed by atoms with Crippen molar-refractivity contribution in [3.63, 3.8) is 0 Å². The van der Waals surface area contributed by atoms with E-state index in [1.54, 1.807) is 36.4 Å². The monoisotopic (exact) mass is 622 g/mol. The molecule has 0 radical (unpaired) electrons. The molecule has 4 aromatic rings. The number of aliphatic carboxylic acids is 1. The summed E-state index contributed by atoms with van der Waals surface area (Å²) >= 11 is 13.7. The molecule has 1 aliphatic carbocycles. The first-order valence-electron chi connectivity index (χ1n) is 13.5. The molecule has 42 heavy (non-hydrogen) atoms. The van der Waals surface area contributed by atoms with Crippen LogP contribution >= 0.6 is 34.5 Å². The standard InChI is InChI=1S/C31H28Cl2N4O4S/c32-23-16-24(33)28-25(17-23)42-31(36-28)37-30(41)35-27(20-8-6-19(7-9-20)18-4-2-1-3-5-18)21-10-12-22(13-11-21)29(40)34-15-14-26(38)39/h4,6-13,16-17,27H,1-3,5,14-15H2,(H,34,40)(H,38,39)(H2,35,36,37,41). The summed E-state index contributed by atoms with van der Waals surface area (Å²) in [5, 5.41) is 18.5. The van der Waals surface area contributed by atoms with Crippen LogP contribution in [0.1, 0.15) is 65.2 Å². The number of nitrogens with one attached hydrogen (secondary N) is 3. The first kappa shape index (κ1) is 29.6. The fourth-order valence-corrected chi connectivity index (χ4v) is 6.42. The van der Waals surface area contributed by atoms with Gasteiger partial charge in [-0.25, -0.2) is 9.78 Å². The van der Waals surface area contributed by atoms with Crippen molar-refractivity contribution in [2.24, 2.45) is 0 Å². The van der Waals surface area contributed by atoms with Gasteiger partial charge in [0.2, 0.25) is 0 Å². The van der Waals surface area contributed by atoms with Gasteiger partial charge in [0.15, 0.2) is 5.13 Å². The van der Waals surface area contributed by atoms with E-state index in [0.29, 0.717) is 26.3 Å². The number of rotatable bonds is 9. The molecular weight excluding hydrogens is 595 g/mol. The van der Waals surface area contributed by atoms with Crippen molar-refractivity contribution < 1.29 is 19.5 Å². The third kappa shape index (κ3) is 7.28. The molecule has 4 N–H and O–H groups in total. The van der Waals surface area contributed by atoms with E-state index in [4.69, 9.17) is 28.3 Å². The molecule has 216 valence electrons. The third-order valence-corrected chi connectivity index (χ3v) is 8.37. The topological polar surface area (TPSA) is 120 Å². The molecule has 8 nitrogen and oxygen atoms in total. The number of hydrogen-bond donors (Lipinski definition) is 4. The molecule has 1 heterocycles. The molecule has 0 bridgehead atoms. The number of anilines is 1. The minimum atomic E-state index is -0.985. The van der Waals surface area contributed by atoms with Crippen molar-refractivity contribution in [1.82, 2.24) is 15.6 Å². The van der Waals surface area contributed by atoms with Crippen LogP contribution < -0.4 is 16.0 Å². The average molecular weight is 624 g/mol. The van der Waals surface area contributed by atoms with Gasteiger partial charge in [-0.05, 0) is 72.2 Å². The lowest BCUT2D eigenvalue weighted by molar-refractivity contribution is -0.136. The molecule has 3 amide bonds. The van der Waals surface area contributed by atoms with Gasteiger partial charge in [-0.2, -0.15) is 0 Å². The second-order valence-electron chi connectivity index (χ2n) is 9.90. The predicted molar refractivity (Wildman–Crippen MR) is 168 cm³/mol. The van der Waals surface area contributed by atoms with Crippen LogP contribution in [0.2, 0.25) is 10.0 Å². The maximum atomic E-state index is 13.2. The predicted octanol–water partition coefficient (Wildman–Crippen LogP) is 7.68. The number of fused-ring (bicyclic) bond motifs is 1. The lowest BCUT2D eigenvalue weighted by atomic mass is 9.91. The second-order valence-corrected chi connectivity index (χ2v) is 11.8. The normalized spacial score (nSPS) is 13.7. The van der Waals surface area contributed by atoms with E-state index in [-0.39, 0.29) is 18.9 Å². The molecule has 1 atom stereocenters. The summed E-state index contributed by atoms with van der Waals surface area (Å²) in [6.45, 7) is 0.0340. The largest absolute Gasteiger partial charge is 0.481 e. The van der Waals surface area contributed by atoms with E-state index in [9.17, 15) is 14.4 Å². The van der Waals surface area contributed by atoms with Crippen LogP contribution in [-0.4, -0.2) is 34.5 Å². The third-order valence-electron chi connectivity index (χ3n) is 6.95. The number of amides is 3. The van der Waals surface area contributed by atoms with Gasteiger partial charge in [0.25, 0.3) is 5.91 Å². The highest BCUT2D eigenvalue weighted by Crippen LogP contribution is 2.34. The van der Waals surface area contributed by atoms with Gasteiger partial charge in [0, 0.05) is 17.1 Å². The SMILES string of the molecule is O=C(O)CCNC(=O)c1ccc(C(NC(=O)Nc2nc3c(Cl)cc(Cl)cc3s2)c2ccc(C3=CCCCC3)cc2)cc1. The molecule has 1 aliphatic rings. The van der Waals surface area contributed by atoms with Crippen molar-refractivity contribution >= 4 is 73.4 Å². The summed E-state index contributed by atoms with van der Waals surface area (Å²) in [5.41, 5.74) is 5.07. The van der Waals surface area contributed by atoms with Gasteiger partial charge >= 0.3 is 12.0 Å². The Morgan fingerprint density at radius 2 is 1.69 bits per heavy atom. The minimum Gasteiger partial charge on any atom is -0.481 e. The molecule has 0 spiro atoms. The molecule has 5 rings (SSSR count). The molecule has 3 aromatic carbocycles. The van der Waals surface area contributed by atoms with Crippen LogP contribution in [0.3, 0.4) is 0 Å². The van der Waals surface area contributed by atoms with Crippen molar-refractivity contribution in [2.45, 2.75) is 38.1 Å². The van der Waals surface area contributed by atoms with Crippen molar-refractivity contribution in [2.75, 3.05) is 11.9 Å². The molecule has 0 fully saturated rings. The molecule has 0 saturated carbocycles. The minimum absolute atomic E-state index is 0.0340. The van der Waals surface area contributed by atoms with Gasteiger partial charge in [-0.15, -0.1) is 0 Å². The summed E-state index contributed by atoms with van der Waals surface area (Å²) in [6.07, 6.45) is 6.66. The van der Waals surface area contributed by atoms with Crippen molar-refractivity contribution in [3.8, 4) is 0 Å². The summed E-state index contributed by atoms with van der Waals surface area (Å²) < 4.78 is 0.754. The number of carbonyl (C=O) groups is 3. The lowest BCUT2D eigenvalue weighted by Gasteiger charge is -2.21. The van der Waals surface area contributed by atoms with Gasteiger partial charge < -0.3 is 15.7 Å². The van der Waals surface area contributed by atoms with Crippen LogP contribution in [0.25, 0.3) is 15.8 Å². The zero-order valence-electron chi connectivity index (χ0n) is 22.5. The molecule has 0 aliphatic heterocycles. The van der Waals surface area contributed by atoms with Gasteiger partial charge in [-0.1, -0.05) is 77.0 Å². The molecule has 11 heteroatoms. The Hall–Kier alpha value is -3.92. The Morgan fingerprint density at radius 3 is 2.36 bits per heavy atom. The van der Waals surface area contributed by atoms with E-state index < -0.39 is 18.0 Å². The van der Waals surface area contributed by atoms with Crippen LogP contribution in [0, 0.1) is 0 Å². The van der Waals surface area contributed by atoms with Crippen LogP contribution in [0.5, 0.6) is 0 Å². The summed E-state index contributed by atoms with van der Waals surface area (Å²) in [5.74, 6) is -1.36. The number of hydrogen-bond acceptors (Lipinski definition) is 5. The summed E-state index contributed by atoms with van der Waals surface area (Å²) in [4.78, 5) is 40.9. The Balaban J connectivity index is 1.37. The van der Waals surface area contributed by atoms with Crippen LogP contribution in [0.4, 0.5) is 9.93 Å². The first-order chi connectivity index (χ1) is 20.3. The number of carbonyl (C=O) groups excluding carboxylic acids is 2. The van der Waals surface area contributed by atoms with Crippen LogP contribution in [0.15, 0.2) is 66.7 Å². The fraction of sp³-hybridized carbons (Fsp3) is 0.226. The highest BCUT2D eigenvalue weighted by atomic mass is 35.5. The van der Waals surface area contributed by atoms with Gasteiger partial charge in [0.1, 0.15) is 5.52 Å².